The first-order valence-corrected chi connectivity index (χ1v) is 11.0. The highest BCUT2D eigenvalue weighted by atomic mass is 16.5. The molecule has 2 aliphatic carbocycles. The van der Waals surface area contributed by atoms with Gasteiger partial charge in [-0.2, -0.15) is 0 Å². The molecule has 5 rings (SSSR count). The minimum absolute atomic E-state index is 0.291. The summed E-state index contributed by atoms with van der Waals surface area (Å²) in [6.07, 6.45) is 8.10. The Morgan fingerprint density at radius 1 is 1.21 bits per heavy atom. The number of aliphatic hydroxyl groups excluding tert-OH is 1. The van der Waals surface area contributed by atoms with Crippen molar-refractivity contribution in [2.24, 2.45) is 11.8 Å². The van der Waals surface area contributed by atoms with Crippen LogP contribution in [0.1, 0.15) is 30.4 Å². The van der Waals surface area contributed by atoms with Crippen molar-refractivity contribution in [2.45, 2.75) is 36.6 Å². The molecule has 1 fully saturated rings. The molecule has 2 aromatic rings. The van der Waals surface area contributed by atoms with Crippen molar-refractivity contribution in [3.8, 4) is 11.5 Å². The van der Waals surface area contributed by atoms with Gasteiger partial charge in [0.25, 0.3) is 0 Å². The van der Waals surface area contributed by atoms with Gasteiger partial charge in [0.2, 0.25) is 0 Å². The molecule has 0 bridgehead atoms. The van der Waals surface area contributed by atoms with E-state index in [1.807, 2.05) is 49.4 Å². The van der Waals surface area contributed by atoms with Crippen molar-refractivity contribution in [3.05, 3.63) is 77.7 Å². The summed E-state index contributed by atoms with van der Waals surface area (Å²) >= 11 is 0. The Bertz CT molecular complexity index is 1140. The highest BCUT2D eigenvalue weighted by Gasteiger charge is 2.79. The molecular formula is C26H27NO6. The van der Waals surface area contributed by atoms with Gasteiger partial charge in [0, 0.05) is 11.8 Å². The number of carbonyl (C=O) groups is 1. The van der Waals surface area contributed by atoms with Crippen molar-refractivity contribution in [2.75, 3.05) is 14.2 Å². The van der Waals surface area contributed by atoms with Gasteiger partial charge >= 0.3 is 5.97 Å². The molecule has 1 aromatic carbocycles. The van der Waals surface area contributed by atoms with Gasteiger partial charge in [0.1, 0.15) is 17.6 Å². The minimum atomic E-state index is -1.95. The molecule has 33 heavy (non-hydrogen) atoms. The second-order valence-electron chi connectivity index (χ2n) is 8.91. The Morgan fingerprint density at radius 3 is 2.61 bits per heavy atom. The molecule has 7 heteroatoms. The lowest BCUT2D eigenvalue weighted by Crippen LogP contribution is -2.58. The van der Waals surface area contributed by atoms with Crippen LogP contribution in [0.5, 0.6) is 11.5 Å². The first-order valence-electron chi connectivity index (χ1n) is 11.0. The van der Waals surface area contributed by atoms with Crippen LogP contribution in [0.3, 0.4) is 0 Å². The Hall–Kier alpha value is -3.16. The monoisotopic (exact) mass is 449 g/mol. The van der Waals surface area contributed by atoms with E-state index in [2.05, 4.69) is 11.1 Å². The van der Waals surface area contributed by atoms with Gasteiger partial charge in [0.15, 0.2) is 11.2 Å². The molecule has 0 spiro atoms. The third-order valence-electron chi connectivity index (χ3n) is 7.41. The summed E-state index contributed by atoms with van der Waals surface area (Å²) in [5.74, 6) is -2.10. The number of hydrogen-bond donors (Lipinski definition) is 2. The van der Waals surface area contributed by atoms with E-state index in [-0.39, 0.29) is 5.92 Å². The Labute approximate surface area is 192 Å². The standard InChI is InChI=1S/C26H27NO6/c1-15-9-11-17(12-10-15)26-21(16-7-5-4-6-8-16)20(24(29)32-3)23(28)25(26,30)22-18(31-2)13-27-14-19(22)33-26/h4-11,13-14,17,20-21,23,28,30H,12H2,1-3H3/t17?,20-,21-,23-,25+,26+/m1/s1. The molecule has 1 saturated carbocycles. The highest BCUT2D eigenvalue weighted by molar-refractivity contribution is 5.78. The molecule has 172 valence electrons. The van der Waals surface area contributed by atoms with E-state index >= 15 is 0 Å². The predicted molar refractivity (Wildman–Crippen MR) is 120 cm³/mol. The number of benzene rings is 1. The largest absolute Gasteiger partial charge is 0.495 e. The topological polar surface area (TPSA) is 98.1 Å². The van der Waals surface area contributed by atoms with Crippen LogP contribution in [0.25, 0.3) is 0 Å². The SMILES string of the molecule is COC(=O)[C@H]1[C@@H](O)[C@@]2(O)c3c(OC)cncc3O[C@@]2(C2C=CC(C)=CC2)[C@@H]1c1ccccc1. The fraction of sp³-hybridized carbons (Fsp3) is 0.385. The number of nitrogens with zero attached hydrogens (tertiary/aromatic N) is 1. The van der Waals surface area contributed by atoms with Crippen LogP contribution in [-0.4, -0.2) is 47.1 Å². The zero-order valence-electron chi connectivity index (χ0n) is 18.8. The van der Waals surface area contributed by atoms with Crippen molar-refractivity contribution in [3.63, 3.8) is 0 Å². The van der Waals surface area contributed by atoms with Crippen LogP contribution in [0.15, 0.2) is 66.5 Å². The second kappa shape index (κ2) is 7.71. The summed E-state index contributed by atoms with van der Waals surface area (Å²) in [7, 11) is 2.76. The summed E-state index contributed by atoms with van der Waals surface area (Å²) in [4.78, 5) is 17.3. The number of ether oxygens (including phenoxy) is 3. The summed E-state index contributed by atoms with van der Waals surface area (Å²) < 4.78 is 17.3. The van der Waals surface area contributed by atoms with Crippen molar-refractivity contribution >= 4 is 5.97 Å². The number of rotatable bonds is 4. The molecule has 0 radical (unpaired) electrons. The lowest BCUT2D eigenvalue weighted by Gasteiger charge is -2.45. The van der Waals surface area contributed by atoms with Crippen LogP contribution < -0.4 is 9.47 Å². The first kappa shape index (κ1) is 21.7. The molecule has 3 aliphatic rings. The van der Waals surface area contributed by atoms with Gasteiger partial charge in [-0.05, 0) is 18.9 Å². The number of allylic oxidation sites excluding steroid dienone is 3. The van der Waals surface area contributed by atoms with Crippen LogP contribution in [0.4, 0.5) is 0 Å². The first-order chi connectivity index (χ1) is 15.9. The maximum atomic E-state index is 13.1. The third kappa shape index (κ3) is 2.75. The van der Waals surface area contributed by atoms with Crippen LogP contribution >= 0.6 is 0 Å². The lowest BCUT2D eigenvalue weighted by molar-refractivity contribution is -0.167. The Kier molecular flexibility index (Phi) is 5.06. The van der Waals surface area contributed by atoms with Crippen molar-refractivity contribution in [1.29, 1.82) is 0 Å². The third-order valence-corrected chi connectivity index (χ3v) is 7.41. The number of fused-ring (bicyclic) bond motifs is 3. The molecule has 6 atom stereocenters. The average molecular weight is 450 g/mol. The second-order valence-corrected chi connectivity index (χ2v) is 8.91. The fourth-order valence-corrected chi connectivity index (χ4v) is 6.03. The van der Waals surface area contributed by atoms with Gasteiger partial charge in [-0.1, -0.05) is 54.1 Å². The molecule has 7 nitrogen and oxygen atoms in total. The zero-order chi connectivity index (χ0) is 23.4. The molecule has 2 heterocycles. The van der Waals surface area contributed by atoms with E-state index in [4.69, 9.17) is 14.2 Å². The number of pyridine rings is 1. The minimum Gasteiger partial charge on any atom is -0.495 e. The molecule has 0 amide bonds. The van der Waals surface area contributed by atoms with E-state index in [9.17, 15) is 15.0 Å². The van der Waals surface area contributed by atoms with Gasteiger partial charge in [-0.25, -0.2) is 0 Å². The van der Waals surface area contributed by atoms with E-state index in [0.717, 1.165) is 11.1 Å². The molecule has 0 saturated heterocycles. The zero-order valence-corrected chi connectivity index (χ0v) is 18.8. The van der Waals surface area contributed by atoms with Crippen LogP contribution in [0, 0.1) is 11.8 Å². The molecule has 1 unspecified atom stereocenters. The van der Waals surface area contributed by atoms with Gasteiger partial charge in [0.05, 0.1) is 38.1 Å². The summed E-state index contributed by atoms with van der Waals surface area (Å²) in [6.45, 7) is 2.00. The van der Waals surface area contributed by atoms with Crippen LogP contribution in [0.2, 0.25) is 0 Å². The summed E-state index contributed by atoms with van der Waals surface area (Å²) in [5.41, 5.74) is -1.19. The smallest absolute Gasteiger partial charge is 0.312 e. The summed E-state index contributed by atoms with van der Waals surface area (Å²) in [5, 5.41) is 24.3. The van der Waals surface area contributed by atoms with Crippen molar-refractivity contribution in [1.82, 2.24) is 4.98 Å². The average Bonchev–Trinajstić information content (AvgIpc) is 3.22. The summed E-state index contributed by atoms with van der Waals surface area (Å²) in [6, 6.07) is 9.38. The van der Waals surface area contributed by atoms with Crippen molar-refractivity contribution < 1.29 is 29.2 Å². The molecule has 2 N–H and O–H groups in total. The molecule has 1 aliphatic heterocycles. The highest BCUT2D eigenvalue weighted by Crippen LogP contribution is 2.68. The number of carbonyl (C=O) groups excluding carboxylic acids is 1. The van der Waals surface area contributed by atoms with E-state index < -0.39 is 35.1 Å². The predicted octanol–water partition coefficient (Wildman–Crippen LogP) is 2.88. The van der Waals surface area contributed by atoms with Gasteiger partial charge in [-0.15, -0.1) is 0 Å². The van der Waals surface area contributed by atoms with E-state index in [0.29, 0.717) is 23.5 Å². The number of hydrogen-bond acceptors (Lipinski definition) is 7. The molecular weight excluding hydrogens is 422 g/mol. The van der Waals surface area contributed by atoms with E-state index in [1.165, 1.54) is 26.6 Å². The maximum absolute atomic E-state index is 13.1. The van der Waals surface area contributed by atoms with Gasteiger partial charge < -0.3 is 24.4 Å². The van der Waals surface area contributed by atoms with Crippen LogP contribution in [-0.2, 0) is 15.1 Å². The number of methoxy groups -OCH3 is 2. The Balaban J connectivity index is 1.83. The van der Waals surface area contributed by atoms with E-state index in [1.54, 1.807) is 0 Å². The fourth-order valence-electron chi connectivity index (χ4n) is 6.03. The lowest BCUT2D eigenvalue weighted by atomic mass is 9.65. The normalized spacial score (nSPS) is 34.2. The van der Waals surface area contributed by atoms with Gasteiger partial charge in [-0.3, -0.25) is 9.78 Å². The maximum Gasteiger partial charge on any atom is 0.312 e. The number of esters is 1. The number of aliphatic hydroxyl groups is 2. The molecule has 1 aromatic heterocycles. The quantitative estimate of drug-likeness (QED) is 0.693. The number of aromatic nitrogens is 1. The Morgan fingerprint density at radius 2 is 1.97 bits per heavy atom.